The first-order valence-electron chi connectivity index (χ1n) is 10.4. The van der Waals surface area contributed by atoms with Crippen LogP contribution in [-0.4, -0.2) is 43.2 Å². The highest BCUT2D eigenvalue weighted by Gasteiger charge is 2.23. The van der Waals surface area contributed by atoms with E-state index in [0.717, 1.165) is 31.5 Å². The Morgan fingerprint density at radius 3 is 2.52 bits per heavy atom. The van der Waals surface area contributed by atoms with Crippen LogP contribution in [-0.2, 0) is 6.54 Å². The van der Waals surface area contributed by atoms with Gasteiger partial charge in [-0.15, -0.1) is 0 Å². The molecule has 0 spiro atoms. The van der Waals surface area contributed by atoms with Gasteiger partial charge >= 0.3 is 0 Å². The molecule has 2 aromatic carbocycles. The maximum atomic E-state index is 12.7. The summed E-state index contributed by atoms with van der Waals surface area (Å²) in [7, 11) is 1.63. The van der Waals surface area contributed by atoms with Gasteiger partial charge in [0.15, 0.2) is 11.5 Å². The second-order valence-corrected chi connectivity index (χ2v) is 7.92. The molecule has 0 unspecified atom stereocenters. The van der Waals surface area contributed by atoms with Crippen LogP contribution in [0.4, 0.5) is 0 Å². The first-order chi connectivity index (χ1) is 14.0. The highest BCUT2D eigenvalue weighted by atomic mass is 16.5. The van der Waals surface area contributed by atoms with Gasteiger partial charge in [0.05, 0.1) is 7.11 Å². The van der Waals surface area contributed by atoms with E-state index in [1.807, 2.05) is 31.2 Å². The number of ether oxygens (including phenoxy) is 2. The summed E-state index contributed by atoms with van der Waals surface area (Å²) >= 11 is 0. The van der Waals surface area contributed by atoms with Gasteiger partial charge in [0.2, 0.25) is 0 Å². The third kappa shape index (κ3) is 5.51. The number of carbonyl (C=O) groups is 1. The van der Waals surface area contributed by atoms with Gasteiger partial charge in [0.25, 0.3) is 5.91 Å². The topological polar surface area (TPSA) is 50.8 Å². The summed E-state index contributed by atoms with van der Waals surface area (Å²) in [4.78, 5) is 15.1. The van der Waals surface area contributed by atoms with E-state index in [1.54, 1.807) is 25.3 Å². The van der Waals surface area contributed by atoms with Crippen molar-refractivity contribution < 1.29 is 14.3 Å². The maximum absolute atomic E-state index is 12.7. The summed E-state index contributed by atoms with van der Waals surface area (Å²) in [5.74, 6) is 1.18. The zero-order valence-electron chi connectivity index (χ0n) is 17.9. The largest absolute Gasteiger partial charge is 0.493 e. The predicted molar refractivity (Wildman–Crippen MR) is 116 cm³/mol. The van der Waals surface area contributed by atoms with Gasteiger partial charge in [-0.1, -0.05) is 24.3 Å². The smallest absolute Gasteiger partial charge is 0.251 e. The SMILES string of the molecule is COc1ccc(C(=O)NCc2ccccc2C)cc1OC1CCN(C(C)C)CC1. The molecule has 0 atom stereocenters. The number of nitrogens with one attached hydrogen (secondary N) is 1. The zero-order valence-corrected chi connectivity index (χ0v) is 17.9. The molecule has 1 N–H and O–H groups in total. The number of hydrogen-bond acceptors (Lipinski definition) is 4. The lowest BCUT2D eigenvalue weighted by Gasteiger charge is -2.34. The fourth-order valence-corrected chi connectivity index (χ4v) is 3.69. The van der Waals surface area contributed by atoms with Gasteiger partial charge in [0, 0.05) is 31.2 Å². The average molecular weight is 397 g/mol. The molecule has 0 bridgehead atoms. The molecule has 0 aromatic heterocycles. The van der Waals surface area contributed by atoms with Gasteiger partial charge in [0.1, 0.15) is 6.10 Å². The van der Waals surface area contributed by atoms with Crippen LogP contribution in [0, 0.1) is 6.92 Å². The third-order valence-corrected chi connectivity index (χ3v) is 5.63. The van der Waals surface area contributed by atoms with Crippen LogP contribution in [0.5, 0.6) is 11.5 Å². The second kappa shape index (κ2) is 9.79. The van der Waals surface area contributed by atoms with Crippen molar-refractivity contribution in [3.8, 4) is 11.5 Å². The Morgan fingerprint density at radius 1 is 1.14 bits per heavy atom. The lowest BCUT2D eigenvalue weighted by molar-refractivity contribution is 0.0819. The summed E-state index contributed by atoms with van der Waals surface area (Å²) in [6.07, 6.45) is 2.10. The van der Waals surface area contributed by atoms with Gasteiger partial charge in [-0.25, -0.2) is 0 Å². The Hall–Kier alpha value is -2.53. The highest BCUT2D eigenvalue weighted by Crippen LogP contribution is 2.31. The van der Waals surface area contributed by atoms with Crippen LogP contribution in [0.25, 0.3) is 0 Å². The first-order valence-corrected chi connectivity index (χ1v) is 10.4. The summed E-state index contributed by atoms with van der Waals surface area (Å²) in [6, 6.07) is 14.0. The molecule has 156 valence electrons. The Balaban J connectivity index is 1.65. The Labute approximate surface area is 174 Å². The molecule has 0 saturated carbocycles. The van der Waals surface area contributed by atoms with Crippen LogP contribution in [0.1, 0.15) is 48.2 Å². The normalized spacial score (nSPS) is 15.3. The molecule has 0 radical (unpaired) electrons. The number of piperidine rings is 1. The van der Waals surface area contributed by atoms with E-state index in [9.17, 15) is 4.79 Å². The third-order valence-electron chi connectivity index (χ3n) is 5.63. The molecule has 0 aliphatic carbocycles. The van der Waals surface area contributed by atoms with E-state index in [1.165, 1.54) is 5.56 Å². The van der Waals surface area contributed by atoms with Crippen LogP contribution in [0.2, 0.25) is 0 Å². The Bertz CT molecular complexity index is 827. The molecule has 1 heterocycles. The molecule has 1 aliphatic heterocycles. The van der Waals surface area contributed by atoms with Gasteiger partial charge in [-0.2, -0.15) is 0 Å². The lowest BCUT2D eigenvalue weighted by atomic mass is 10.1. The molecule has 1 fully saturated rings. The Kier molecular flexibility index (Phi) is 7.15. The molecule has 3 rings (SSSR count). The Morgan fingerprint density at radius 2 is 1.86 bits per heavy atom. The number of benzene rings is 2. The number of aryl methyl sites for hydroxylation is 1. The standard InChI is InChI=1S/C24H32N2O3/c1-17(2)26-13-11-21(12-14-26)29-23-15-19(9-10-22(23)28-4)24(27)25-16-20-8-6-5-7-18(20)3/h5-10,15,17,21H,11-14,16H2,1-4H3,(H,25,27). The van der Waals surface area contributed by atoms with E-state index in [0.29, 0.717) is 29.6 Å². The minimum Gasteiger partial charge on any atom is -0.493 e. The van der Waals surface area contributed by atoms with Crippen molar-refractivity contribution in [3.63, 3.8) is 0 Å². The van der Waals surface area contributed by atoms with E-state index < -0.39 is 0 Å². The summed E-state index contributed by atoms with van der Waals surface area (Å²) in [5.41, 5.74) is 2.86. The fraction of sp³-hybridized carbons (Fsp3) is 0.458. The lowest BCUT2D eigenvalue weighted by Crippen LogP contribution is -2.41. The van der Waals surface area contributed by atoms with Crippen LogP contribution < -0.4 is 14.8 Å². The fourth-order valence-electron chi connectivity index (χ4n) is 3.69. The van der Waals surface area contributed by atoms with Crippen LogP contribution >= 0.6 is 0 Å². The van der Waals surface area contributed by atoms with Crippen molar-refractivity contribution in [2.75, 3.05) is 20.2 Å². The minimum absolute atomic E-state index is 0.115. The molecule has 1 saturated heterocycles. The van der Waals surface area contributed by atoms with E-state index in [4.69, 9.17) is 9.47 Å². The first kappa shape index (κ1) is 21.2. The molecular weight excluding hydrogens is 364 g/mol. The number of carbonyl (C=O) groups excluding carboxylic acids is 1. The summed E-state index contributed by atoms with van der Waals surface area (Å²) < 4.78 is 11.7. The molecule has 1 amide bonds. The van der Waals surface area contributed by atoms with Crippen molar-refractivity contribution >= 4 is 5.91 Å². The number of hydrogen-bond donors (Lipinski definition) is 1. The number of rotatable bonds is 7. The molecule has 29 heavy (non-hydrogen) atoms. The van der Waals surface area contributed by atoms with Crippen LogP contribution in [0.3, 0.4) is 0 Å². The van der Waals surface area contributed by atoms with Gasteiger partial charge in [-0.3, -0.25) is 4.79 Å². The molecular formula is C24H32N2O3. The molecule has 5 heteroatoms. The minimum atomic E-state index is -0.115. The number of amides is 1. The van der Waals surface area contributed by atoms with E-state index >= 15 is 0 Å². The van der Waals surface area contributed by atoms with Gasteiger partial charge < -0.3 is 19.7 Å². The zero-order chi connectivity index (χ0) is 20.8. The number of likely N-dealkylation sites (tertiary alicyclic amines) is 1. The van der Waals surface area contributed by atoms with Crippen molar-refractivity contribution in [1.82, 2.24) is 10.2 Å². The van der Waals surface area contributed by atoms with Crippen molar-refractivity contribution in [1.29, 1.82) is 0 Å². The second-order valence-electron chi connectivity index (χ2n) is 7.92. The highest BCUT2D eigenvalue weighted by molar-refractivity contribution is 5.94. The number of methoxy groups -OCH3 is 1. The van der Waals surface area contributed by atoms with E-state index in [2.05, 4.69) is 24.1 Å². The maximum Gasteiger partial charge on any atom is 0.251 e. The summed E-state index contributed by atoms with van der Waals surface area (Å²) in [5, 5.41) is 3.00. The van der Waals surface area contributed by atoms with Crippen molar-refractivity contribution in [3.05, 3.63) is 59.2 Å². The number of nitrogens with zero attached hydrogens (tertiary/aromatic N) is 1. The van der Waals surface area contributed by atoms with Crippen molar-refractivity contribution in [2.45, 2.75) is 52.3 Å². The molecule has 1 aliphatic rings. The van der Waals surface area contributed by atoms with Crippen LogP contribution in [0.15, 0.2) is 42.5 Å². The molecule has 5 nitrogen and oxygen atoms in total. The van der Waals surface area contributed by atoms with E-state index in [-0.39, 0.29) is 12.0 Å². The monoisotopic (exact) mass is 396 g/mol. The molecule has 2 aromatic rings. The predicted octanol–water partition coefficient (Wildman–Crippen LogP) is 4.19. The summed E-state index contributed by atoms with van der Waals surface area (Å²) in [6.45, 7) is 9.06. The van der Waals surface area contributed by atoms with Gasteiger partial charge in [-0.05, 0) is 62.9 Å². The quantitative estimate of drug-likeness (QED) is 0.763. The average Bonchev–Trinajstić information content (AvgIpc) is 2.73. The van der Waals surface area contributed by atoms with Crippen molar-refractivity contribution in [2.24, 2.45) is 0 Å².